The Bertz CT molecular complexity index is 255. The summed E-state index contributed by atoms with van der Waals surface area (Å²) in [5.74, 6) is 0. The molecule has 1 rings (SSSR count). The lowest BCUT2D eigenvalue weighted by molar-refractivity contribution is 0.379. The zero-order chi connectivity index (χ0) is 10.4. The van der Waals surface area contributed by atoms with Crippen LogP contribution in [-0.2, 0) is 13.1 Å². The van der Waals surface area contributed by atoms with Gasteiger partial charge in [0.1, 0.15) is 0 Å². The number of nitrogens with one attached hydrogen (secondary N) is 1. The summed E-state index contributed by atoms with van der Waals surface area (Å²) in [7, 11) is 6.06. The Hall–Kier alpha value is -0.940. The van der Waals surface area contributed by atoms with Crippen LogP contribution in [0, 0.1) is 0 Å². The molecule has 0 bridgehead atoms. The van der Waals surface area contributed by atoms with Gasteiger partial charge in [0.2, 0.25) is 0 Å². The minimum absolute atomic E-state index is 0.785. The molecule has 5 nitrogen and oxygen atoms in total. The van der Waals surface area contributed by atoms with Crippen molar-refractivity contribution >= 4 is 0 Å². The molecule has 0 aliphatic carbocycles. The van der Waals surface area contributed by atoms with Gasteiger partial charge < -0.3 is 10.2 Å². The summed E-state index contributed by atoms with van der Waals surface area (Å²) in [6, 6.07) is 0. The molecule has 0 unspecified atom stereocenters. The third-order valence-corrected chi connectivity index (χ3v) is 1.94. The van der Waals surface area contributed by atoms with Crippen LogP contribution in [0.4, 0.5) is 0 Å². The molecule has 0 radical (unpaired) electrons. The predicted octanol–water partition coefficient (Wildman–Crippen LogP) is -0.0508. The molecule has 1 aromatic rings. The van der Waals surface area contributed by atoms with E-state index in [0.717, 1.165) is 31.7 Å². The van der Waals surface area contributed by atoms with E-state index in [1.54, 1.807) is 0 Å². The van der Waals surface area contributed by atoms with Gasteiger partial charge in [-0.3, -0.25) is 4.68 Å². The average Bonchev–Trinajstić information content (AvgIpc) is 2.53. The van der Waals surface area contributed by atoms with Crippen molar-refractivity contribution < 1.29 is 0 Å². The Balaban J connectivity index is 2.28. The lowest BCUT2D eigenvalue weighted by Gasteiger charge is -2.08. The number of rotatable bonds is 6. The van der Waals surface area contributed by atoms with Crippen molar-refractivity contribution in [3.05, 3.63) is 11.9 Å². The van der Waals surface area contributed by atoms with Gasteiger partial charge in [-0.15, -0.1) is 5.10 Å². The molecule has 0 saturated carbocycles. The van der Waals surface area contributed by atoms with E-state index in [1.165, 1.54) is 0 Å². The highest BCUT2D eigenvalue weighted by atomic mass is 15.4. The quantitative estimate of drug-likeness (QED) is 0.694. The molecule has 5 heteroatoms. The van der Waals surface area contributed by atoms with Crippen molar-refractivity contribution in [2.45, 2.75) is 19.5 Å². The number of aromatic nitrogens is 3. The van der Waals surface area contributed by atoms with Gasteiger partial charge in [0.05, 0.1) is 5.69 Å². The van der Waals surface area contributed by atoms with Gasteiger partial charge in [-0.05, 0) is 34.1 Å². The molecule has 0 aromatic carbocycles. The van der Waals surface area contributed by atoms with E-state index in [0.29, 0.717) is 0 Å². The third kappa shape index (κ3) is 3.85. The number of hydrogen-bond donors (Lipinski definition) is 1. The molecular formula is C9H19N5. The Morgan fingerprint density at radius 3 is 2.93 bits per heavy atom. The van der Waals surface area contributed by atoms with Gasteiger partial charge in [0, 0.05) is 19.3 Å². The lowest BCUT2D eigenvalue weighted by Crippen LogP contribution is -2.15. The first-order chi connectivity index (χ1) is 6.72. The third-order valence-electron chi connectivity index (χ3n) is 1.94. The monoisotopic (exact) mass is 197 g/mol. The Labute approximate surface area is 85.1 Å². The topological polar surface area (TPSA) is 46.0 Å². The maximum atomic E-state index is 4.04. The number of hydrogen-bond acceptors (Lipinski definition) is 4. The minimum Gasteiger partial charge on any atom is -0.314 e. The molecule has 0 aliphatic heterocycles. The molecule has 0 saturated heterocycles. The van der Waals surface area contributed by atoms with E-state index in [-0.39, 0.29) is 0 Å². The summed E-state index contributed by atoms with van der Waals surface area (Å²) < 4.78 is 1.90. The van der Waals surface area contributed by atoms with E-state index in [1.807, 2.05) is 17.9 Å². The first kappa shape index (κ1) is 11.1. The first-order valence-electron chi connectivity index (χ1n) is 4.90. The fourth-order valence-electron chi connectivity index (χ4n) is 1.26. The normalized spacial score (nSPS) is 11.1. The number of nitrogens with zero attached hydrogens (tertiary/aromatic N) is 4. The fraction of sp³-hybridized carbons (Fsp3) is 0.778. The number of aryl methyl sites for hydroxylation is 1. The van der Waals surface area contributed by atoms with Crippen LogP contribution in [0.25, 0.3) is 0 Å². The summed E-state index contributed by atoms with van der Waals surface area (Å²) in [6.45, 7) is 2.81. The van der Waals surface area contributed by atoms with Gasteiger partial charge in [-0.2, -0.15) is 0 Å². The predicted molar refractivity (Wildman–Crippen MR) is 56.0 cm³/mol. The van der Waals surface area contributed by atoms with Crippen molar-refractivity contribution in [3.63, 3.8) is 0 Å². The molecule has 0 spiro atoms. The van der Waals surface area contributed by atoms with Crippen LogP contribution in [0.15, 0.2) is 6.20 Å². The molecule has 1 aromatic heterocycles. The average molecular weight is 197 g/mol. The zero-order valence-electron chi connectivity index (χ0n) is 9.19. The highest BCUT2D eigenvalue weighted by molar-refractivity contribution is 4.90. The van der Waals surface area contributed by atoms with Crippen molar-refractivity contribution in [2.75, 3.05) is 27.7 Å². The Morgan fingerprint density at radius 2 is 2.29 bits per heavy atom. The Kier molecular flexibility index (Phi) is 4.55. The van der Waals surface area contributed by atoms with Gasteiger partial charge in [-0.25, -0.2) is 0 Å². The van der Waals surface area contributed by atoms with E-state index in [4.69, 9.17) is 0 Å². The lowest BCUT2D eigenvalue weighted by atomic mass is 10.4. The van der Waals surface area contributed by atoms with Crippen molar-refractivity contribution in [1.82, 2.24) is 25.2 Å². The largest absolute Gasteiger partial charge is 0.314 e. The summed E-state index contributed by atoms with van der Waals surface area (Å²) in [6.07, 6.45) is 3.10. The molecule has 80 valence electrons. The molecule has 1 N–H and O–H groups in total. The fourth-order valence-corrected chi connectivity index (χ4v) is 1.26. The van der Waals surface area contributed by atoms with Gasteiger partial charge in [-0.1, -0.05) is 5.21 Å². The van der Waals surface area contributed by atoms with Crippen LogP contribution in [0.3, 0.4) is 0 Å². The van der Waals surface area contributed by atoms with Crippen molar-refractivity contribution in [2.24, 2.45) is 0 Å². The zero-order valence-corrected chi connectivity index (χ0v) is 9.19. The second-order valence-electron chi connectivity index (χ2n) is 3.66. The van der Waals surface area contributed by atoms with Gasteiger partial charge >= 0.3 is 0 Å². The van der Waals surface area contributed by atoms with E-state index >= 15 is 0 Å². The standard InChI is InChI=1S/C9H19N5/c1-10-7-9-8-14(12-11-9)6-4-5-13(2)3/h8,10H,4-7H2,1-3H3. The van der Waals surface area contributed by atoms with Crippen LogP contribution in [-0.4, -0.2) is 47.6 Å². The molecule has 0 atom stereocenters. The van der Waals surface area contributed by atoms with Gasteiger partial charge in [0.15, 0.2) is 0 Å². The molecule has 0 amide bonds. The summed E-state index contributed by atoms with van der Waals surface area (Å²) in [5, 5.41) is 11.1. The second-order valence-corrected chi connectivity index (χ2v) is 3.66. The molecule has 0 fully saturated rings. The van der Waals surface area contributed by atoms with Gasteiger partial charge in [0.25, 0.3) is 0 Å². The van der Waals surface area contributed by atoms with E-state index in [9.17, 15) is 0 Å². The smallest absolute Gasteiger partial charge is 0.0964 e. The van der Waals surface area contributed by atoms with E-state index < -0.39 is 0 Å². The summed E-state index contributed by atoms with van der Waals surface area (Å²) in [5.41, 5.74) is 0.998. The van der Waals surface area contributed by atoms with Crippen molar-refractivity contribution in [3.8, 4) is 0 Å². The van der Waals surface area contributed by atoms with Crippen LogP contribution < -0.4 is 5.32 Å². The Morgan fingerprint density at radius 1 is 1.50 bits per heavy atom. The molecule has 14 heavy (non-hydrogen) atoms. The van der Waals surface area contributed by atoms with Crippen LogP contribution >= 0.6 is 0 Å². The minimum atomic E-state index is 0.785. The maximum absolute atomic E-state index is 4.04. The van der Waals surface area contributed by atoms with Crippen molar-refractivity contribution in [1.29, 1.82) is 0 Å². The first-order valence-corrected chi connectivity index (χ1v) is 4.90. The second kappa shape index (κ2) is 5.72. The van der Waals surface area contributed by atoms with Crippen LogP contribution in [0.2, 0.25) is 0 Å². The maximum Gasteiger partial charge on any atom is 0.0964 e. The van der Waals surface area contributed by atoms with Crippen LogP contribution in [0.5, 0.6) is 0 Å². The molecule has 1 heterocycles. The van der Waals surface area contributed by atoms with E-state index in [2.05, 4.69) is 34.6 Å². The summed E-state index contributed by atoms with van der Waals surface area (Å²) in [4.78, 5) is 2.17. The molecular weight excluding hydrogens is 178 g/mol. The highest BCUT2D eigenvalue weighted by Crippen LogP contribution is 1.94. The summed E-state index contributed by atoms with van der Waals surface area (Å²) >= 11 is 0. The van der Waals surface area contributed by atoms with Crippen LogP contribution in [0.1, 0.15) is 12.1 Å². The molecule has 0 aliphatic rings. The highest BCUT2D eigenvalue weighted by Gasteiger charge is 1.99. The SMILES string of the molecule is CNCc1cn(CCCN(C)C)nn1.